The zero-order chi connectivity index (χ0) is 10.3. The average molecular weight is 209 g/mol. The number of amides is 1. The Hall–Kier alpha value is -0.570. The molecular weight excluding hydrogens is 190 g/mol. The third-order valence-electron chi connectivity index (χ3n) is 4.16. The highest BCUT2D eigenvalue weighted by molar-refractivity contribution is 5.79. The third-order valence-corrected chi connectivity index (χ3v) is 4.16. The van der Waals surface area contributed by atoms with Gasteiger partial charge in [-0.1, -0.05) is 19.3 Å². The lowest BCUT2D eigenvalue weighted by molar-refractivity contribution is -0.137. The summed E-state index contributed by atoms with van der Waals surface area (Å²) in [6.07, 6.45) is 8.39. The highest BCUT2D eigenvalue weighted by Crippen LogP contribution is 2.37. The summed E-state index contributed by atoms with van der Waals surface area (Å²) in [5.74, 6) is 0.943. The molecule has 0 bridgehead atoms. The Balaban J connectivity index is 1.72. The lowest BCUT2D eigenvalue weighted by Crippen LogP contribution is -2.41. The molecule has 3 fully saturated rings. The molecule has 2 unspecified atom stereocenters. The first-order chi connectivity index (χ1) is 7.36. The molecule has 2 aliphatic heterocycles. The molecule has 84 valence electrons. The molecule has 2 saturated heterocycles. The summed E-state index contributed by atoms with van der Waals surface area (Å²) >= 11 is 0. The van der Waals surface area contributed by atoms with E-state index in [1.165, 1.54) is 32.1 Å². The van der Waals surface area contributed by atoms with Crippen LogP contribution >= 0.6 is 0 Å². The molecule has 0 aromatic heterocycles. The van der Waals surface area contributed by atoms with Gasteiger partial charge in [-0.25, -0.2) is 0 Å². The molecule has 0 N–H and O–H groups in total. The minimum atomic E-state index is 0.130. The maximum atomic E-state index is 11.8. The molecule has 3 aliphatic rings. The SMILES string of the molecule is O=C1CCC2COC(C3CCCCC3)N12. The van der Waals surface area contributed by atoms with Gasteiger partial charge in [-0.05, 0) is 19.3 Å². The Labute approximate surface area is 90.8 Å². The van der Waals surface area contributed by atoms with Gasteiger partial charge >= 0.3 is 0 Å². The number of rotatable bonds is 1. The van der Waals surface area contributed by atoms with Gasteiger partial charge < -0.3 is 9.64 Å². The molecule has 2 heterocycles. The van der Waals surface area contributed by atoms with Crippen LogP contribution in [0.4, 0.5) is 0 Å². The molecule has 15 heavy (non-hydrogen) atoms. The first-order valence-electron chi connectivity index (χ1n) is 6.29. The predicted molar refractivity (Wildman–Crippen MR) is 56.2 cm³/mol. The summed E-state index contributed by atoms with van der Waals surface area (Å²) in [4.78, 5) is 13.8. The van der Waals surface area contributed by atoms with Gasteiger partial charge in [0.2, 0.25) is 5.91 Å². The molecule has 3 nitrogen and oxygen atoms in total. The largest absolute Gasteiger partial charge is 0.356 e. The van der Waals surface area contributed by atoms with Gasteiger partial charge in [-0.3, -0.25) is 4.79 Å². The van der Waals surface area contributed by atoms with E-state index in [4.69, 9.17) is 4.74 Å². The molecule has 1 saturated carbocycles. The van der Waals surface area contributed by atoms with Crippen molar-refractivity contribution in [3.63, 3.8) is 0 Å². The molecular formula is C12H19NO2. The third kappa shape index (κ3) is 1.57. The summed E-state index contributed by atoms with van der Waals surface area (Å²) in [6.45, 7) is 0.785. The first-order valence-corrected chi connectivity index (χ1v) is 6.29. The second-order valence-corrected chi connectivity index (χ2v) is 5.12. The van der Waals surface area contributed by atoms with E-state index in [-0.39, 0.29) is 6.23 Å². The molecule has 0 radical (unpaired) electrons. The maximum Gasteiger partial charge on any atom is 0.225 e. The minimum absolute atomic E-state index is 0.130. The zero-order valence-corrected chi connectivity index (χ0v) is 9.15. The van der Waals surface area contributed by atoms with Crippen LogP contribution in [-0.2, 0) is 9.53 Å². The van der Waals surface area contributed by atoms with Gasteiger partial charge in [-0.15, -0.1) is 0 Å². The normalized spacial score (nSPS) is 37.3. The number of fused-ring (bicyclic) bond motifs is 1. The quantitative estimate of drug-likeness (QED) is 0.660. The number of carbonyl (C=O) groups excluding carboxylic acids is 1. The predicted octanol–water partition coefficient (Wildman–Crippen LogP) is 1.91. The second kappa shape index (κ2) is 3.78. The van der Waals surface area contributed by atoms with Crippen LogP contribution in [0.15, 0.2) is 0 Å². The summed E-state index contributed by atoms with van der Waals surface area (Å²) in [7, 11) is 0. The van der Waals surface area contributed by atoms with Crippen LogP contribution in [0.2, 0.25) is 0 Å². The molecule has 3 rings (SSSR count). The van der Waals surface area contributed by atoms with Crippen molar-refractivity contribution >= 4 is 5.91 Å². The van der Waals surface area contributed by atoms with E-state index in [1.54, 1.807) is 0 Å². The number of ether oxygens (including phenoxy) is 1. The van der Waals surface area contributed by atoms with Crippen molar-refractivity contribution in [1.29, 1.82) is 0 Å². The standard InChI is InChI=1S/C12H19NO2/c14-11-7-6-10-8-15-12(13(10)11)9-4-2-1-3-5-9/h9-10,12H,1-8H2. The number of carbonyl (C=O) groups is 1. The number of hydrogen-bond donors (Lipinski definition) is 0. The summed E-state index contributed by atoms with van der Waals surface area (Å²) in [5.41, 5.74) is 0. The van der Waals surface area contributed by atoms with Gasteiger partial charge in [0.05, 0.1) is 12.6 Å². The second-order valence-electron chi connectivity index (χ2n) is 5.12. The lowest BCUT2D eigenvalue weighted by Gasteiger charge is -2.32. The summed E-state index contributed by atoms with van der Waals surface area (Å²) in [6, 6.07) is 0.407. The topological polar surface area (TPSA) is 29.5 Å². The molecule has 3 heteroatoms. The van der Waals surface area contributed by atoms with Crippen molar-refractivity contribution in [1.82, 2.24) is 4.90 Å². The monoisotopic (exact) mass is 209 g/mol. The van der Waals surface area contributed by atoms with E-state index in [0.29, 0.717) is 17.9 Å². The van der Waals surface area contributed by atoms with Gasteiger partial charge in [0.1, 0.15) is 6.23 Å². The summed E-state index contributed by atoms with van der Waals surface area (Å²) < 4.78 is 5.83. The number of hydrogen-bond acceptors (Lipinski definition) is 2. The van der Waals surface area contributed by atoms with Crippen molar-refractivity contribution < 1.29 is 9.53 Å². The zero-order valence-electron chi connectivity index (χ0n) is 9.15. The van der Waals surface area contributed by atoms with Crippen LogP contribution in [0.1, 0.15) is 44.9 Å². The van der Waals surface area contributed by atoms with Crippen LogP contribution < -0.4 is 0 Å². The van der Waals surface area contributed by atoms with E-state index in [0.717, 1.165) is 19.4 Å². The first kappa shape index (κ1) is 9.64. The fourth-order valence-corrected chi connectivity index (χ4v) is 3.35. The Kier molecular flexibility index (Phi) is 2.43. The Morgan fingerprint density at radius 2 is 1.93 bits per heavy atom. The highest BCUT2D eigenvalue weighted by atomic mass is 16.5. The number of nitrogens with zero attached hydrogens (tertiary/aromatic N) is 1. The van der Waals surface area contributed by atoms with Crippen molar-refractivity contribution in [2.45, 2.75) is 57.2 Å². The van der Waals surface area contributed by atoms with Crippen molar-refractivity contribution in [2.24, 2.45) is 5.92 Å². The minimum Gasteiger partial charge on any atom is -0.356 e. The van der Waals surface area contributed by atoms with Crippen LogP contribution in [-0.4, -0.2) is 29.7 Å². The van der Waals surface area contributed by atoms with E-state index in [1.807, 2.05) is 0 Å². The maximum absolute atomic E-state index is 11.8. The Morgan fingerprint density at radius 1 is 1.13 bits per heavy atom. The van der Waals surface area contributed by atoms with Crippen LogP contribution in [0.5, 0.6) is 0 Å². The van der Waals surface area contributed by atoms with E-state index < -0.39 is 0 Å². The fourth-order valence-electron chi connectivity index (χ4n) is 3.35. The molecule has 1 amide bonds. The molecule has 1 aliphatic carbocycles. The molecule has 2 atom stereocenters. The Morgan fingerprint density at radius 3 is 2.73 bits per heavy atom. The summed E-state index contributed by atoms with van der Waals surface area (Å²) in [5, 5.41) is 0. The van der Waals surface area contributed by atoms with Gasteiger partial charge in [-0.2, -0.15) is 0 Å². The highest BCUT2D eigenvalue weighted by Gasteiger charge is 2.45. The van der Waals surface area contributed by atoms with Gasteiger partial charge in [0.15, 0.2) is 0 Å². The Bertz CT molecular complexity index is 260. The van der Waals surface area contributed by atoms with E-state index in [2.05, 4.69) is 4.90 Å². The van der Waals surface area contributed by atoms with Crippen molar-refractivity contribution in [2.75, 3.05) is 6.61 Å². The van der Waals surface area contributed by atoms with Crippen molar-refractivity contribution in [3.8, 4) is 0 Å². The molecule has 0 spiro atoms. The van der Waals surface area contributed by atoms with E-state index >= 15 is 0 Å². The molecule has 0 aromatic rings. The van der Waals surface area contributed by atoms with Gasteiger partial charge in [0.25, 0.3) is 0 Å². The lowest BCUT2D eigenvalue weighted by atomic mass is 9.87. The smallest absolute Gasteiger partial charge is 0.225 e. The van der Waals surface area contributed by atoms with Gasteiger partial charge in [0, 0.05) is 12.3 Å². The molecule has 0 aromatic carbocycles. The van der Waals surface area contributed by atoms with Crippen molar-refractivity contribution in [3.05, 3.63) is 0 Å². The van der Waals surface area contributed by atoms with E-state index in [9.17, 15) is 4.79 Å². The van der Waals surface area contributed by atoms with Crippen LogP contribution in [0.25, 0.3) is 0 Å². The van der Waals surface area contributed by atoms with Crippen LogP contribution in [0, 0.1) is 5.92 Å². The average Bonchev–Trinajstić information content (AvgIpc) is 2.84. The fraction of sp³-hybridized carbons (Fsp3) is 0.917. The van der Waals surface area contributed by atoms with Crippen LogP contribution in [0.3, 0.4) is 0 Å².